The van der Waals surface area contributed by atoms with Crippen LogP contribution in [0.2, 0.25) is 5.02 Å². The number of carbonyl (C=O) groups is 1. The molecule has 1 aliphatic heterocycles. The fourth-order valence-corrected chi connectivity index (χ4v) is 2.62. The van der Waals surface area contributed by atoms with E-state index in [2.05, 4.69) is 20.4 Å². The molecule has 20 heavy (non-hydrogen) atoms. The standard InChI is InChI=1S/C14H15ClN4O/c15-10-2-1-3-12(8-10)19-7-5-11(9-19)17-14(20)13-4-6-16-18-13/h1-4,6,8,11H,5,7,9H2,(H,16,18)(H,17,20)/t11-/m0/s1. The molecule has 6 heteroatoms. The van der Waals surface area contributed by atoms with E-state index < -0.39 is 0 Å². The number of nitrogens with zero attached hydrogens (tertiary/aromatic N) is 2. The summed E-state index contributed by atoms with van der Waals surface area (Å²) in [6, 6.07) is 9.59. The fourth-order valence-electron chi connectivity index (χ4n) is 2.43. The Morgan fingerprint density at radius 2 is 2.35 bits per heavy atom. The van der Waals surface area contributed by atoms with Gasteiger partial charge in [0.1, 0.15) is 5.69 Å². The predicted octanol–water partition coefficient (Wildman–Crippen LogP) is 2.07. The van der Waals surface area contributed by atoms with Crippen LogP contribution in [0.1, 0.15) is 16.9 Å². The maximum Gasteiger partial charge on any atom is 0.269 e. The van der Waals surface area contributed by atoms with E-state index in [9.17, 15) is 4.79 Å². The first-order valence-corrected chi connectivity index (χ1v) is 6.91. The van der Waals surface area contributed by atoms with Crippen LogP contribution in [-0.4, -0.2) is 35.2 Å². The Labute approximate surface area is 121 Å². The second kappa shape index (κ2) is 5.54. The lowest BCUT2D eigenvalue weighted by Gasteiger charge is -2.19. The molecule has 0 aliphatic carbocycles. The molecule has 1 saturated heterocycles. The molecule has 2 N–H and O–H groups in total. The Bertz CT molecular complexity index is 599. The normalized spacial score (nSPS) is 18.2. The molecule has 1 fully saturated rings. The fraction of sp³-hybridized carbons (Fsp3) is 0.286. The number of amides is 1. The molecular weight excluding hydrogens is 276 g/mol. The average molecular weight is 291 g/mol. The molecule has 1 aromatic carbocycles. The lowest BCUT2D eigenvalue weighted by Crippen LogP contribution is -2.37. The second-order valence-corrected chi connectivity index (χ2v) is 5.29. The van der Waals surface area contributed by atoms with Gasteiger partial charge in [-0.05, 0) is 30.7 Å². The van der Waals surface area contributed by atoms with Crippen LogP contribution in [0.4, 0.5) is 5.69 Å². The average Bonchev–Trinajstić information content (AvgIpc) is 3.10. The maximum atomic E-state index is 11.9. The lowest BCUT2D eigenvalue weighted by molar-refractivity contribution is 0.0935. The van der Waals surface area contributed by atoms with Crippen LogP contribution in [0, 0.1) is 0 Å². The van der Waals surface area contributed by atoms with Crippen molar-refractivity contribution < 1.29 is 4.79 Å². The van der Waals surface area contributed by atoms with Crippen molar-refractivity contribution in [1.29, 1.82) is 0 Å². The summed E-state index contributed by atoms with van der Waals surface area (Å²) in [6.07, 6.45) is 2.49. The van der Waals surface area contributed by atoms with Gasteiger partial charge in [-0.25, -0.2) is 0 Å². The molecule has 0 unspecified atom stereocenters. The molecule has 0 radical (unpaired) electrons. The summed E-state index contributed by atoms with van der Waals surface area (Å²) in [5, 5.41) is 10.2. The van der Waals surface area contributed by atoms with E-state index in [4.69, 9.17) is 11.6 Å². The zero-order chi connectivity index (χ0) is 13.9. The molecule has 5 nitrogen and oxygen atoms in total. The summed E-state index contributed by atoms with van der Waals surface area (Å²) in [6.45, 7) is 1.70. The molecule has 2 heterocycles. The van der Waals surface area contributed by atoms with Crippen molar-refractivity contribution in [2.75, 3.05) is 18.0 Å². The van der Waals surface area contributed by atoms with Crippen LogP contribution >= 0.6 is 11.6 Å². The maximum absolute atomic E-state index is 11.9. The number of hydrogen-bond donors (Lipinski definition) is 2. The van der Waals surface area contributed by atoms with E-state index in [0.717, 1.165) is 30.2 Å². The van der Waals surface area contributed by atoms with Gasteiger partial charge in [0, 0.05) is 36.0 Å². The number of rotatable bonds is 3. The monoisotopic (exact) mass is 290 g/mol. The minimum Gasteiger partial charge on any atom is -0.369 e. The smallest absolute Gasteiger partial charge is 0.269 e. The lowest BCUT2D eigenvalue weighted by atomic mass is 10.2. The largest absolute Gasteiger partial charge is 0.369 e. The second-order valence-electron chi connectivity index (χ2n) is 4.86. The summed E-state index contributed by atoms with van der Waals surface area (Å²) >= 11 is 6.00. The van der Waals surface area contributed by atoms with Gasteiger partial charge in [0.05, 0.1) is 0 Å². The Morgan fingerprint density at radius 3 is 3.10 bits per heavy atom. The van der Waals surface area contributed by atoms with E-state index in [1.54, 1.807) is 12.3 Å². The van der Waals surface area contributed by atoms with Gasteiger partial charge in [0.2, 0.25) is 0 Å². The van der Waals surface area contributed by atoms with Gasteiger partial charge in [-0.1, -0.05) is 17.7 Å². The van der Waals surface area contributed by atoms with E-state index >= 15 is 0 Å². The number of carbonyl (C=O) groups excluding carboxylic acids is 1. The van der Waals surface area contributed by atoms with Gasteiger partial charge in [0.15, 0.2) is 0 Å². The Hall–Kier alpha value is -2.01. The van der Waals surface area contributed by atoms with Gasteiger partial charge in [-0.15, -0.1) is 0 Å². The number of benzene rings is 1. The first-order valence-electron chi connectivity index (χ1n) is 6.53. The molecular formula is C14H15ClN4O. The van der Waals surface area contributed by atoms with E-state index in [-0.39, 0.29) is 11.9 Å². The number of anilines is 1. The van der Waals surface area contributed by atoms with Gasteiger partial charge in [0.25, 0.3) is 5.91 Å². The molecule has 2 aromatic rings. The summed E-state index contributed by atoms with van der Waals surface area (Å²) < 4.78 is 0. The van der Waals surface area contributed by atoms with Crippen molar-refractivity contribution in [3.05, 3.63) is 47.2 Å². The highest BCUT2D eigenvalue weighted by Gasteiger charge is 2.24. The molecule has 1 amide bonds. The van der Waals surface area contributed by atoms with Crippen LogP contribution in [0.15, 0.2) is 36.5 Å². The van der Waals surface area contributed by atoms with Crippen molar-refractivity contribution in [2.45, 2.75) is 12.5 Å². The van der Waals surface area contributed by atoms with Crippen molar-refractivity contribution >= 4 is 23.2 Å². The third-order valence-corrected chi connectivity index (χ3v) is 3.68. The van der Waals surface area contributed by atoms with Crippen LogP contribution < -0.4 is 10.2 Å². The van der Waals surface area contributed by atoms with Crippen molar-refractivity contribution in [3.8, 4) is 0 Å². The quantitative estimate of drug-likeness (QED) is 0.910. The molecule has 0 bridgehead atoms. The zero-order valence-corrected chi connectivity index (χ0v) is 11.6. The number of aromatic amines is 1. The third kappa shape index (κ3) is 2.77. The minimum atomic E-state index is -0.111. The van der Waals surface area contributed by atoms with Gasteiger partial charge >= 0.3 is 0 Å². The number of aromatic nitrogens is 2. The molecule has 104 valence electrons. The minimum absolute atomic E-state index is 0.111. The first kappa shape index (κ1) is 13.0. The molecule has 1 aromatic heterocycles. The zero-order valence-electron chi connectivity index (χ0n) is 10.8. The Balaban J connectivity index is 1.61. The van der Waals surface area contributed by atoms with Crippen LogP contribution in [0.25, 0.3) is 0 Å². The summed E-state index contributed by atoms with van der Waals surface area (Å²) in [7, 11) is 0. The van der Waals surface area contributed by atoms with Crippen LogP contribution in [-0.2, 0) is 0 Å². The molecule has 1 aliphatic rings. The topological polar surface area (TPSA) is 61.0 Å². The van der Waals surface area contributed by atoms with Crippen LogP contribution in [0.3, 0.4) is 0 Å². The molecule has 0 spiro atoms. The van der Waals surface area contributed by atoms with Gasteiger partial charge < -0.3 is 10.2 Å². The van der Waals surface area contributed by atoms with E-state index in [1.165, 1.54) is 0 Å². The highest BCUT2D eigenvalue weighted by atomic mass is 35.5. The number of hydrogen-bond acceptors (Lipinski definition) is 3. The molecule has 0 saturated carbocycles. The number of nitrogens with one attached hydrogen (secondary N) is 2. The number of H-pyrrole nitrogens is 1. The SMILES string of the molecule is O=C(N[C@H]1CCN(c2cccc(Cl)c2)C1)c1ccn[nH]1. The number of halogens is 1. The molecule has 3 rings (SSSR count). The van der Waals surface area contributed by atoms with Crippen molar-refractivity contribution in [2.24, 2.45) is 0 Å². The highest BCUT2D eigenvalue weighted by Crippen LogP contribution is 2.23. The van der Waals surface area contributed by atoms with E-state index in [0.29, 0.717) is 5.69 Å². The van der Waals surface area contributed by atoms with Crippen molar-refractivity contribution in [3.63, 3.8) is 0 Å². The summed E-state index contributed by atoms with van der Waals surface area (Å²) in [4.78, 5) is 14.2. The van der Waals surface area contributed by atoms with Gasteiger partial charge in [-0.2, -0.15) is 5.10 Å². The van der Waals surface area contributed by atoms with Crippen molar-refractivity contribution in [1.82, 2.24) is 15.5 Å². The third-order valence-electron chi connectivity index (χ3n) is 3.44. The first-order chi connectivity index (χ1) is 9.72. The summed E-state index contributed by atoms with van der Waals surface area (Å²) in [5.41, 5.74) is 1.59. The van der Waals surface area contributed by atoms with Gasteiger partial charge in [-0.3, -0.25) is 9.89 Å². The van der Waals surface area contributed by atoms with E-state index in [1.807, 2.05) is 24.3 Å². The highest BCUT2D eigenvalue weighted by molar-refractivity contribution is 6.30. The Morgan fingerprint density at radius 1 is 1.45 bits per heavy atom. The summed E-state index contributed by atoms with van der Waals surface area (Å²) in [5.74, 6) is -0.111. The predicted molar refractivity (Wildman–Crippen MR) is 78.1 cm³/mol. The molecule has 1 atom stereocenters. The van der Waals surface area contributed by atoms with Crippen LogP contribution in [0.5, 0.6) is 0 Å². The Kier molecular flexibility index (Phi) is 3.60.